The van der Waals surface area contributed by atoms with E-state index in [0.29, 0.717) is 11.2 Å². The Morgan fingerprint density at radius 1 is 1.05 bits per heavy atom. The van der Waals surface area contributed by atoms with Gasteiger partial charge in [0.25, 0.3) is 0 Å². The fraction of sp³-hybridized carbons (Fsp3) is 0.0714. The molecular weight excluding hydrogens is 285 g/mol. The van der Waals surface area contributed by atoms with Crippen LogP contribution in [0.15, 0.2) is 30.3 Å². The molecule has 0 saturated heterocycles. The van der Waals surface area contributed by atoms with Crippen LogP contribution in [0.4, 0.5) is 24.0 Å². The van der Waals surface area contributed by atoms with Gasteiger partial charge in [0.15, 0.2) is 16.8 Å². The van der Waals surface area contributed by atoms with Crippen LogP contribution in [0.1, 0.15) is 5.56 Å². The summed E-state index contributed by atoms with van der Waals surface area (Å²) < 4.78 is 40.5. The largest absolute Gasteiger partial charge is 0.329 e. The van der Waals surface area contributed by atoms with Gasteiger partial charge in [0, 0.05) is 12.1 Å². The molecule has 0 aliphatic heterocycles. The smallest absolute Gasteiger partial charge is 0.188 e. The predicted octanol–water partition coefficient (Wildman–Crippen LogP) is 4.77. The number of aromatic nitrogens is 1. The zero-order valence-corrected chi connectivity index (χ0v) is 11.2. The summed E-state index contributed by atoms with van der Waals surface area (Å²) >= 11 is 1.32. The first kappa shape index (κ1) is 12.9. The van der Waals surface area contributed by atoms with Crippen LogP contribution in [0.3, 0.4) is 0 Å². The fourth-order valence-electron chi connectivity index (χ4n) is 1.87. The molecule has 20 heavy (non-hydrogen) atoms. The lowest BCUT2D eigenvalue weighted by Gasteiger charge is -2.04. The van der Waals surface area contributed by atoms with Crippen LogP contribution in [0.2, 0.25) is 0 Å². The second-order valence-corrected chi connectivity index (χ2v) is 5.34. The number of benzene rings is 2. The summed E-state index contributed by atoms with van der Waals surface area (Å²) in [6.07, 6.45) is 0. The van der Waals surface area contributed by atoms with Crippen LogP contribution in [0.25, 0.3) is 10.2 Å². The molecule has 0 atom stereocenters. The Bertz CT molecular complexity index is 798. The molecule has 0 radical (unpaired) electrons. The molecule has 102 valence electrons. The Hall–Kier alpha value is -2.08. The molecule has 0 fully saturated rings. The van der Waals surface area contributed by atoms with E-state index in [4.69, 9.17) is 0 Å². The van der Waals surface area contributed by atoms with E-state index in [1.165, 1.54) is 11.3 Å². The molecule has 0 saturated carbocycles. The first-order valence-corrected chi connectivity index (χ1v) is 6.64. The number of anilines is 2. The van der Waals surface area contributed by atoms with Crippen molar-refractivity contribution in [3.05, 3.63) is 53.3 Å². The van der Waals surface area contributed by atoms with Crippen LogP contribution in [-0.4, -0.2) is 4.98 Å². The van der Waals surface area contributed by atoms with E-state index >= 15 is 0 Å². The Balaban J connectivity index is 2.01. The molecule has 0 bridgehead atoms. The minimum absolute atomic E-state index is 0.138. The molecule has 0 unspecified atom stereocenters. The van der Waals surface area contributed by atoms with Crippen LogP contribution in [0.5, 0.6) is 0 Å². The third-order valence-corrected chi connectivity index (χ3v) is 3.81. The average Bonchev–Trinajstić information content (AvgIpc) is 2.80. The highest BCUT2D eigenvalue weighted by Crippen LogP contribution is 2.31. The summed E-state index contributed by atoms with van der Waals surface area (Å²) in [5, 5.41) is 3.11. The van der Waals surface area contributed by atoms with Crippen molar-refractivity contribution in [2.75, 3.05) is 5.32 Å². The number of hydrogen-bond donors (Lipinski definition) is 1. The molecule has 0 aliphatic carbocycles. The van der Waals surface area contributed by atoms with E-state index in [9.17, 15) is 13.2 Å². The van der Waals surface area contributed by atoms with Gasteiger partial charge in [0.1, 0.15) is 5.82 Å². The third-order valence-electron chi connectivity index (χ3n) is 2.87. The number of para-hydroxylation sites is 1. The number of fused-ring (bicyclic) bond motifs is 1. The van der Waals surface area contributed by atoms with Gasteiger partial charge in [-0.05, 0) is 18.6 Å². The van der Waals surface area contributed by atoms with Gasteiger partial charge in [-0.1, -0.05) is 23.5 Å². The van der Waals surface area contributed by atoms with Gasteiger partial charge in [0.2, 0.25) is 0 Å². The monoisotopic (exact) mass is 294 g/mol. The van der Waals surface area contributed by atoms with E-state index < -0.39 is 17.5 Å². The van der Waals surface area contributed by atoms with E-state index in [0.717, 1.165) is 21.8 Å². The number of nitrogens with one attached hydrogen (secondary N) is 1. The topological polar surface area (TPSA) is 24.9 Å². The maximum Gasteiger partial charge on any atom is 0.188 e. The van der Waals surface area contributed by atoms with E-state index in [1.54, 1.807) is 0 Å². The maximum absolute atomic E-state index is 13.6. The SMILES string of the molecule is Cc1cccc2sc(Nc3cc(F)c(F)cc3F)nc12. The number of aryl methyl sites for hydroxylation is 1. The van der Waals surface area contributed by atoms with Crippen molar-refractivity contribution in [3.63, 3.8) is 0 Å². The Morgan fingerprint density at radius 3 is 2.55 bits per heavy atom. The molecule has 6 heteroatoms. The molecule has 1 heterocycles. The van der Waals surface area contributed by atoms with Crippen molar-refractivity contribution in [2.45, 2.75) is 6.92 Å². The van der Waals surface area contributed by atoms with Crippen molar-refractivity contribution in [3.8, 4) is 0 Å². The summed E-state index contributed by atoms with van der Waals surface area (Å²) in [6.45, 7) is 1.92. The van der Waals surface area contributed by atoms with Crippen molar-refractivity contribution >= 4 is 32.4 Å². The number of nitrogens with zero attached hydrogens (tertiary/aromatic N) is 1. The van der Waals surface area contributed by atoms with Crippen LogP contribution in [0, 0.1) is 24.4 Å². The number of halogens is 3. The van der Waals surface area contributed by atoms with Gasteiger partial charge in [-0.25, -0.2) is 18.2 Å². The Kier molecular flexibility index (Phi) is 3.10. The standard InChI is InChI=1S/C14H9F3N2S/c1-7-3-2-4-12-13(7)19-14(20-12)18-11-6-9(16)8(15)5-10(11)17/h2-6H,1H3,(H,18,19). The lowest BCUT2D eigenvalue weighted by Crippen LogP contribution is -1.96. The lowest BCUT2D eigenvalue weighted by molar-refractivity contribution is 0.496. The summed E-state index contributed by atoms with van der Waals surface area (Å²) in [7, 11) is 0. The van der Waals surface area contributed by atoms with Crippen molar-refractivity contribution < 1.29 is 13.2 Å². The molecule has 0 aliphatic rings. The minimum atomic E-state index is -1.21. The van der Waals surface area contributed by atoms with Gasteiger partial charge < -0.3 is 5.32 Å². The van der Waals surface area contributed by atoms with E-state index in [-0.39, 0.29) is 5.69 Å². The fourth-order valence-corrected chi connectivity index (χ4v) is 2.83. The van der Waals surface area contributed by atoms with Crippen LogP contribution in [-0.2, 0) is 0 Å². The first-order chi connectivity index (χ1) is 9.54. The molecule has 3 aromatic rings. The molecule has 3 rings (SSSR count). The highest BCUT2D eigenvalue weighted by molar-refractivity contribution is 7.22. The normalized spacial score (nSPS) is 11.0. The van der Waals surface area contributed by atoms with Crippen molar-refractivity contribution in [2.24, 2.45) is 0 Å². The number of thiazole rings is 1. The van der Waals surface area contributed by atoms with Gasteiger partial charge >= 0.3 is 0 Å². The first-order valence-electron chi connectivity index (χ1n) is 5.82. The molecule has 2 nitrogen and oxygen atoms in total. The molecule has 0 amide bonds. The second kappa shape index (κ2) is 4.79. The van der Waals surface area contributed by atoms with E-state index in [2.05, 4.69) is 10.3 Å². The maximum atomic E-state index is 13.6. The number of hydrogen-bond acceptors (Lipinski definition) is 3. The zero-order chi connectivity index (χ0) is 14.3. The number of rotatable bonds is 2. The van der Waals surface area contributed by atoms with Gasteiger partial charge in [0.05, 0.1) is 15.9 Å². The van der Waals surface area contributed by atoms with Crippen LogP contribution >= 0.6 is 11.3 Å². The molecule has 0 spiro atoms. The van der Waals surface area contributed by atoms with Gasteiger partial charge in [-0.3, -0.25) is 0 Å². The van der Waals surface area contributed by atoms with Crippen LogP contribution < -0.4 is 5.32 Å². The minimum Gasteiger partial charge on any atom is -0.329 e. The molecule has 1 aromatic heterocycles. The Morgan fingerprint density at radius 2 is 1.80 bits per heavy atom. The highest BCUT2D eigenvalue weighted by Gasteiger charge is 2.12. The van der Waals surface area contributed by atoms with E-state index in [1.807, 2.05) is 25.1 Å². The molecule has 2 aromatic carbocycles. The summed E-state index contributed by atoms with van der Waals surface area (Å²) in [5.74, 6) is -3.18. The van der Waals surface area contributed by atoms with Crippen molar-refractivity contribution in [1.29, 1.82) is 0 Å². The quantitative estimate of drug-likeness (QED) is 0.689. The predicted molar refractivity (Wildman–Crippen MR) is 74.0 cm³/mol. The third kappa shape index (κ3) is 2.22. The average molecular weight is 294 g/mol. The van der Waals surface area contributed by atoms with Gasteiger partial charge in [-0.2, -0.15) is 0 Å². The Labute approximate surface area is 116 Å². The lowest BCUT2D eigenvalue weighted by atomic mass is 10.2. The van der Waals surface area contributed by atoms with Gasteiger partial charge in [-0.15, -0.1) is 0 Å². The zero-order valence-electron chi connectivity index (χ0n) is 10.4. The van der Waals surface area contributed by atoms with Crippen molar-refractivity contribution in [1.82, 2.24) is 4.98 Å². The summed E-state index contributed by atoms with van der Waals surface area (Å²) in [4.78, 5) is 4.33. The molecule has 1 N–H and O–H groups in total. The highest BCUT2D eigenvalue weighted by atomic mass is 32.1. The molecular formula is C14H9F3N2S. The summed E-state index contributed by atoms with van der Waals surface area (Å²) in [6, 6.07) is 7.01. The second-order valence-electron chi connectivity index (χ2n) is 4.31. The summed E-state index contributed by atoms with van der Waals surface area (Å²) in [5.41, 5.74) is 1.67.